The van der Waals surface area contributed by atoms with Gasteiger partial charge in [-0.15, -0.1) is 0 Å². The first-order valence-electron chi connectivity index (χ1n) is 5.58. The number of esters is 1. The maximum absolute atomic E-state index is 11.7. The Labute approximate surface area is 103 Å². The highest BCUT2D eigenvalue weighted by Gasteiger charge is 2.46. The zero-order valence-corrected chi connectivity index (χ0v) is 9.70. The van der Waals surface area contributed by atoms with Gasteiger partial charge in [0.2, 0.25) is 0 Å². The molecule has 5 heteroatoms. The van der Waals surface area contributed by atoms with Crippen LogP contribution in [0.2, 0.25) is 0 Å². The highest BCUT2D eigenvalue weighted by Crippen LogP contribution is 2.35. The summed E-state index contributed by atoms with van der Waals surface area (Å²) in [5.41, 5.74) is 2.33. The minimum Gasteiger partial charge on any atom is -0.468 e. The van der Waals surface area contributed by atoms with Crippen LogP contribution in [0.3, 0.4) is 0 Å². The molecule has 1 aromatic carbocycles. The Morgan fingerprint density at radius 2 is 2.17 bits per heavy atom. The number of hydrogen-bond donors (Lipinski definition) is 0. The summed E-state index contributed by atoms with van der Waals surface area (Å²) in [6.45, 7) is 0. The summed E-state index contributed by atoms with van der Waals surface area (Å²) < 4.78 is 4.68. The average molecular weight is 245 g/mol. The van der Waals surface area contributed by atoms with Gasteiger partial charge in [-0.1, -0.05) is 24.3 Å². The number of allylic oxidation sites excluding steroid dienone is 1. The molecule has 1 aliphatic heterocycles. The van der Waals surface area contributed by atoms with Gasteiger partial charge in [0.25, 0.3) is 5.71 Å². The molecule has 0 fully saturated rings. The van der Waals surface area contributed by atoms with Crippen molar-refractivity contribution in [1.29, 1.82) is 0 Å². The summed E-state index contributed by atoms with van der Waals surface area (Å²) in [4.78, 5) is 17.1. The minimum atomic E-state index is -0.909. The quantitative estimate of drug-likeness (QED) is 0.551. The molecule has 1 aliphatic carbocycles. The number of methoxy groups -OCH3 is 1. The molecule has 0 radical (unpaired) electrons. The van der Waals surface area contributed by atoms with Crippen LogP contribution < -0.4 is 0 Å². The third-order valence-electron chi connectivity index (χ3n) is 3.24. The van der Waals surface area contributed by atoms with Crippen LogP contribution in [0.25, 0.3) is 6.08 Å². The lowest BCUT2D eigenvalue weighted by molar-refractivity contribution is -0.737. The molecule has 0 aromatic heterocycles. The Balaban J connectivity index is 2.11. The summed E-state index contributed by atoms with van der Waals surface area (Å²) in [6.07, 6.45) is 2.62. The summed E-state index contributed by atoms with van der Waals surface area (Å²) in [7, 11) is 1.28. The average Bonchev–Trinajstić information content (AvgIpc) is 2.76. The van der Waals surface area contributed by atoms with E-state index in [1.54, 1.807) is 6.08 Å². The van der Waals surface area contributed by atoms with Gasteiger partial charge in [0, 0.05) is 11.0 Å². The molecule has 0 saturated carbocycles. The lowest BCUT2D eigenvalue weighted by atomic mass is 9.82. The topological polar surface area (TPSA) is 61.6 Å². The summed E-state index contributed by atoms with van der Waals surface area (Å²) in [5, 5.41) is 11.6. The SMILES string of the molecule is COC(=O)C1O[N+]([O-])=C2C=Cc3ccccc3C21. The molecule has 0 bridgehead atoms. The van der Waals surface area contributed by atoms with Crippen molar-refractivity contribution in [3.05, 3.63) is 46.7 Å². The Morgan fingerprint density at radius 3 is 2.94 bits per heavy atom. The number of ether oxygens (including phenoxy) is 1. The van der Waals surface area contributed by atoms with E-state index in [9.17, 15) is 10.0 Å². The van der Waals surface area contributed by atoms with Gasteiger partial charge in [-0.25, -0.2) is 0 Å². The van der Waals surface area contributed by atoms with Crippen LogP contribution in [0.5, 0.6) is 0 Å². The molecule has 0 spiro atoms. The van der Waals surface area contributed by atoms with Gasteiger partial charge in [0.05, 0.1) is 7.11 Å². The minimum absolute atomic E-state index is 0.392. The first kappa shape index (κ1) is 10.8. The molecule has 0 N–H and O–H groups in total. The number of carbonyl (C=O) groups is 1. The van der Waals surface area contributed by atoms with Gasteiger partial charge in [0.1, 0.15) is 5.92 Å². The van der Waals surface area contributed by atoms with E-state index in [-0.39, 0.29) is 0 Å². The van der Waals surface area contributed by atoms with Gasteiger partial charge in [0.15, 0.2) is 6.10 Å². The first-order valence-corrected chi connectivity index (χ1v) is 5.58. The Bertz CT molecular complexity index is 576. The van der Waals surface area contributed by atoms with Gasteiger partial charge in [-0.3, -0.25) is 10.0 Å². The zero-order chi connectivity index (χ0) is 12.7. The second kappa shape index (κ2) is 3.87. The van der Waals surface area contributed by atoms with Crippen LogP contribution in [0.1, 0.15) is 17.0 Å². The van der Waals surface area contributed by atoms with E-state index < -0.39 is 18.0 Å². The van der Waals surface area contributed by atoms with Crippen LogP contribution in [-0.4, -0.2) is 29.8 Å². The van der Waals surface area contributed by atoms with E-state index >= 15 is 0 Å². The third-order valence-corrected chi connectivity index (χ3v) is 3.24. The number of rotatable bonds is 1. The number of nitrogens with zero attached hydrogens (tertiary/aromatic N) is 1. The molecule has 2 unspecified atom stereocenters. The zero-order valence-electron chi connectivity index (χ0n) is 9.70. The van der Waals surface area contributed by atoms with Gasteiger partial charge < -0.3 is 9.57 Å². The van der Waals surface area contributed by atoms with Crippen LogP contribution >= 0.6 is 0 Å². The standard InChI is InChI=1S/C13H11NO4/c1-17-13(15)12-11-9-5-3-2-4-8(9)6-7-10(11)14(16)18-12/h2-7,11-12H,1H3. The number of benzene rings is 1. The van der Waals surface area contributed by atoms with E-state index in [1.807, 2.05) is 30.3 Å². The fraction of sp³-hybridized carbons (Fsp3) is 0.231. The predicted molar refractivity (Wildman–Crippen MR) is 63.7 cm³/mol. The highest BCUT2D eigenvalue weighted by molar-refractivity contribution is 6.06. The maximum atomic E-state index is 11.7. The van der Waals surface area contributed by atoms with Crippen molar-refractivity contribution in [2.75, 3.05) is 7.11 Å². The van der Waals surface area contributed by atoms with Crippen molar-refractivity contribution in [3.63, 3.8) is 0 Å². The molecule has 92 valence electrons. The Hall–Kier alpha value is -2.30. The molecule has 2 atom stereocenters. The van der Waals surface area contributed by atoms with Crippen molar-refractivity contribution in [2.45, 2.75) is 12.0 Å². The van der Waals surface area contributed by atoms with Gasteiger partial charge >= 0.3 is 5.97 Å². The molecule has 1 heterocycles. The predicted octanol–water partition coefficient (Wildman–Crippen LogP) is 1.24. The molecular formula is C13H11NO4. The lowest BCUT2D eigenvalue weighted by Crippen LogP contribution is -2.31. The van der Waals surface area contributed by atoms with Crippen molar-refractivity contribution >= 4 is 17.8 Å². The lowest BCUT2D eigenvalue weighted by Gasteiger charge is -2.20. The second-order valence-corrected chi connectivity index (χ2v) is 4.17. The largest absolute Gasteiger partial charge is 0.468 e. The van der Waals surface area contributed by atoms with Crippen molar-refractivity contribution < 1.29 is 19.3 Å². The summed E-state index contributed by atoms with van der Waals surface area (Å²) >= 11 is 0. The molecule has 18 heavy (non-hydrogen) atoms. The van der Waals surface area contributed by atoms with Crippen LogP contribution in [0.15, 0.2) is 30.3 Å². The first-order chi connectivity index (χ1) is 8.72. The molecular weight excluding hydrogens is 234 g/mol. The van der Waals surface area contributed by atoms with Crippen molar-refractivity contribution in [2.24, 2.45) is 0 Å². The van der Waals surface area contributed by atoms with E-state index in [1.165, 1.54) is 7.11 Å². The molecule has 3 rings (SSSR count). The van der Waals surface area contributed by atoms with Crippen molar-refractivity contribution in [1.82, 2.24) is 0 Å². The molecule has 2 aliphatic rings. The number of carbonyl (C=O) groups excluding carboxylic acids is 1. The van der Waals surface area contributed by atoms with Crippen LogP contribution in [-0.2, 0) is 14.4 Å². The van der Waals surface area contributed by atoms with E-state index in [2.05, 4.69) is 4.74 Å². The normalized spacial score (nSPS) is 24.3. The fourth-order valence-corrected chi connectivity index (χ4v) is 2.40. The molecule has 0 saturated heterocycles. The number of fused-ring (bicyclic) bond motifs is 3. The molecule has 0 amide bonds. The monoisotopic (exact) mass is 245 g/mol. The number of hydrogen-bond acceptors (Lipinski definition) is 4. The molecule has 1 aromatic rings. The van der Waals surface area contributed by atoms with E-state index in [0.29, 0.717) is 10.6 Å². The fourth-order valence-electron chi connectivity index (χ4n) is 2.40. The summed E-state index contributed by atoms with van der Waals surface area (Å²) in [6, 6.07) is 7.61. The Morgan fingerprint density at radius 1 is 1.39 bits per heavy atom. The van der Waals surface area contributed by atoms with E-state index in [4.69, 9.17) is 4.84 Å². The molecule has 5 nitrogen and oxygen atoms in total. The summed E-state index contributed by atoms with van der Waals surface area (Å²) in [5.74, 6) is -0.933. The second-order valence-electron chi connectivity index (χ2n) is 4.17. The Kier molecular flexibility index (Phi) is 2.33. The van der Waals surface area contributed by atoms with E-state index in [0.717, 1.165) is 11.1 Å². The smallest absolute Gasteiger partial charge is 0.326 e. The maximum Gasteiger partial charge on any atom is 0.326 e. The van der Waals surface area contributed by atoms with Gasteiger partial charge in [-0.05, 0) is 17.2 Å². The van der Waals surface area contributed by atoms with Crippen LogP contribution in [0.4, 0.5) is 0 Å². The van der Waals surface area contributed by atoms with Crippen molar-refractivity contribution in [3.8, 4) is 0 Å². The van der Waals surface area contributed by atoms with Gasteiger partial charge in [-0.2, -0.15) is 0 Å². The third kappa shape index (κ3) is 1.40. The van der Waals surface area contributed by atoms with Crippen LogP contribution in [0, 0.1) is 5.21 Å². The highest BCUT2D eigenvalue weighted by atomic mass is 16.9.